The van der Waals surface area contributed by atoms with Gasteiger partial charge in [-0.3, -0.25) is 9.69 Å². The van der Waals surface area contributed by atoms with E-state index in [1.807, 2.05) is 0 Å². The average molecular weight is 795 g/mol. The lowest BCUT2D eigenvalue weighted by Crippen LogP contribution is -2.37. The molecule has 2 heterocycles. The minimum Gasteiger partial charge on any atom is -0.466 e. The quantitative estimate of drug-likeness (QED) is 0.0738. The summed E-state index contributed by atoms with van der Waals surface area (Å²) < 4.78 is 64.2. The number of carbonyl (C=O) groups is 2. The molecule has 0 atom stereocenters. The van der Waals surface area contributed by atoms with Crippen LogP contribution in [0, 0.1) is 5.82 Å². The third-order valence-corrected chi connectivity index (χ3v) is 9.58. The lowest BCUT2D eigenvalue weighted by atomic mass is 10.1. The Morgan fingerprint density at radius 1 is 1.04 bits per heavy atom. The van der Waals surface area contributed by atoms with Gasteiger partial charge in [0.2, 0.25) is 16.0 Å². The Balaban J connectivity index is 1.10. The highest BCUT2D eigenvalue weighted by molar-refractivity contribution is 9.10. The Labute approximate surface area is 304 Å². The van der Waals surface area contributed by atoms with Crippen LogP contribution in [0.1, 0.15) is 23.2 Å². The molecule has 0 unspecified atom stereocenters. The van der Waals surface area contributed by atoms with Crippen molar-refractivity contribution in [3.8, 4) is 0 Å². The van der Waals surface area contributed by atoms with Crippen molar-refractivity contribution in [2.75, 3.05) is 77.0 Å². The minimum absolute atomic E-state index is 0.0571. The number of hydrogen-bond acceptors (Lipinski definition) is 13. The first-order chi connectivity index (χ1) is 24.6. The topological polar surface area (TPSA) is 196 Å². The van der Waals surface area contributed by atoms with E-state index >= 15 is 0 Å². The van der Waals surface area contributed by atoms with Crippen LogP contribution < -0.4 is 21.1 Å². The summed E-state index contributed by atoms with van der Waals surface area (Å²) in [6, 6.07) is 10.0. The number of halogens is 2. The van der Waals surface area contributed by atoms with Gasteiger partial charge < -0.3 is 35.3 Å². The van der Waals surface area contributed by atoms with Crippen LogP contribution in [-0.4, -0.2) is 108 Å². The predicted molar refractivity (Wildman–Crippen MR) is 191 cm³/mol. The Morgan fingerprint density at radius 3 is 2.45 bits per heavy atom. The number of aromatic nitrogens is 2. The number of methoxy groups -OCH3 is 1. The van der Waals surface area contributed by atoms with Crippen molar-refractivity contribution in [2.45, 2.75) is 23.8 Å². The molecule has 0 bridgehead atoms. The van der Waals surface area contributed by atoms with Gasteiger partial charge in [0, 0.05) is 44.1 Å². The highest BCUT2D eigenvalue weighted by atomic mass is 79.9. The first kappa shape index (κ1) is 39.7. The third kappa shape index (κ3) is 12.9. The number of carbonyl (C=O) groups excluding carboxylic acids is 2. The van der Waals surface area contributed by atoms with Crippen LogP contribution in [0.4, 0.5) is 27.5 Å². The van der Waals surface area contributed by atoms with Crippen molar-refractivity contribution >= 4 is 61.0 Å². The number of amides is 1. The van der Waals surface area contributed by atoms with E-state index in [-0.39, 0.29) is 53.1 Å². The fraction of sp³-hybridized carbons (Fsp3) is 0.394. The van der Waals surface area contributed by atoms with Gasteiger partial charge >= 0.3 is 5.97 Å². The third-order valence-electron chi connectivity index (χ3n) is 7.52. The standard InChI is InChI=1S/C33H41BrFN7O8S/c1-47-29(43)6-3-14-42-15-11-24(12-16-42)50-21-20-49-19-18-48-17-13-38-51(45,46)25-9-7-23(8-10-25)39-33-37-22-26(34)32(41-33)40-28-5-2-4-27(35)30(28)31(36)44/h2-10,22,24,38H,11-21H2,1H3,(H2,36,44)(H2,37,39,40,41)/b6-3+. The second-order valence-corrected chi connectivity index (χ2v) is 13.7. The molecule has 15 nitrogen and oxygen atoms in total. The van der Waals surface area contributed by atoms with E-state index in [0.717, 1.165) is 32.0 Å². The molecule has 0 aliphatic carbocycles. The number of hydrogen-bond donors (Lipinski definition) is 4. The van der Waals surface area contributed by atoms with Crippen molar-refractivity contribution in [3.05, 3.63) is 76.7 Å². The van der Waals surface area contributed by atoms with E-state index in [2.05, 4.69) is 50.9 Å². The fourth-order valence-electron chi connectivity index (χ4n) is 4.92. The fourth-order valence-corrected chi connectivity index (χ4v) is 6.22. The van der Waals surface area contributed by atoms with Crippen LogP contribution in [0.3, 0.4) is 0 Å². The normalized spacial score (nSPS) is 14.1. The van der Waals surface area contributed by atoms with Gasteiger partial charge in [0.1, 0.15) is 11.6 Å². The SMILES string of the molecule is COC(=O)/C=C/CN1CCC(OCCOCCOCCNS(=O)(=O)c2ccc(Nc3ncc(Br)c(Nc4cccc(F)c4C(N)=O)n3)cc2)CC1. The number of sulfonamides is 1. The van der Waals surface area contributed by atoms with Gasteiger partial charge in [-0.2, -0.15) is 4.98 Å². The maximum Gasteiger partial charge on any atom is 0.330 e. The minimum atomic E-state index is -3.79. The van der Waals surface area contributed by atoms with Crippen LogP contribution in [0.25, 0.3) is 0 Å². The number of piperidine rings is 1. The highest BCUT2D eigenvalue weighted by Crippen LogP contribution is 2.28. The number of nitrogens with zero attached hydrogens (tertiary/aromatic N) is 3. The number of rotatable bonds is 20. The zero-order chi connectivity index (χ0) is 36.6. The molecule has 0 radical (unpaired) electrons. The molecule has 1 aromatic heterocycles. The summed E-state index contributed by atoms with van der Waals surface area (Å²) in [5.41, 5.74) is 5.66. The second-order valence-electron chi connectivity index (χ2n) is 11.1. The van der Waals surface area contributed by atoms with Crippen LogP contribution in [0.2, 0.25) is 0 Å². The van der Waals surface area contributed by atoms with E-state index < -0.39 is 21.7 Å². The molecule has 1 fully saturated rings. The molecule has 1 saturated heterocycles. The Kier molecular flexibility index (Phi) is 15.7. The van der Waals surface area contributed by atoms with Crippen molar-refractivity contribution in [1.29, 1.82) is 0 Å². The number of esters is 1. The molecule has 3 aromatic rings. The van der Waals surface area contributed by atoms with E-state index in [1.54, 1.807) is 18.2 Å². The van der Waals surface area contributed by atoms with Gasteiger partial charge in [-0.05, 0) is 65.2 Å². The zero-order valence-electron chi connectivity index (χ0n) is 28.0. The zero-order valence-corrected chi connectivity index (χ0v) is 30.4. The number of ether oxygens (including phenoxy) is 4. The summed E-state index contributed by atoms with van der Waals surface area (Å²) in [7, 11) is -2.43. The summed E-state index contributed by atoms with van der Waals surface area (Å²) in [6.45, 7) is 4.30. The van der Waals surface area contributed by atoms with Crippen LogP contribution in [0.15, 0.2) is 70.2 Å². The first-order valence-corrected chi connectivity index (χ1v) is 18.3. The van der Waals surface area contributed by atoms with Gasteiger partial charge in [0.25, 0.3) is 5.91 Å². The number of anilines is 4. The summed E-state index contributed by atoms with van der Waals surface area (Å²) in [5, 5.41) is 5.86. The number of benzene rings is 2. The number of nitrogens with two attached hydrogens (primary N) is 1. The Hall–Kier alpha value is -4.04. The Bertz CT molecular complexity index is 1740. The van der Waals surface area contributed by atoms with Crippen molar-refractivity contribution in [2.24, 2.45) is 5.73 Å². The summed E-state index contributed by atoms with van der Waals surface area (Å²) >= 11 is 3.33. The molecule has 1 aliphatic rings. The van der Waals surface area contributed by atoms with Gasteiger partial charge in [-0.15, -0.1) is 0 Å². The molecule has 1 aliphatic heterocycles. The first-order valence-electron chi connectivity index (χ1n) is 16.0. The molecule has 18 heteroatoms. The Morgan fingerprint density at radius 2 is 1.75 bits per heavy atom. The van der Waals surface area contributed by atoms with Crippen molar-refractivity contribution in [1.82, 2.24) is 19.6 Å². The van der Waals surface area contributed by atoms with Gasteiger partial charge in [0.15, 0.2) is 0 Å². The van der Waals surface area contributed by atoms with E-state index in [4.69, 9.17) is 19.9 Å². The van der Waals surface area contributed by atoms with Crippen molar-refractivity contribution < 1.29 is 41.3 Å². The van der Waals surface area contributed by atoms with Crippen molar-refractivity contribution in [3.63, 3.8) is 0 Å². The molecule has 2 aromatic carbocycles. The van der Waals surface area contributed by atoms with Gasteiger partial charge in [-0.1, -0.05) is 12.1 Å². The largest absolute Gasteiger partial charge is 0.466 e. The van der Waals surface area contributed by atoms with E-state index in [9.17, 15) is 22.4 Å². The molecule has 5 N–H and O–H groups in total. The molecular formula is C33H41BrFN7O8S. The molecular weight excluding hydrogens is 753 g/mol. The molecule has 276 valence electrons. The number of nitrogens with one attached hydrogen (secondary N) is 3. The van der Waals surface area contributed by atoms with Gasteiger partial charge in [-0.25, -0.2) is 27.3 Å². The van der Waals surface area contributed by atoms with E-state index in [0.29, 0.717) is 43.1 Å². The summed E-state index contributed by atoms with van der Waals surface area (Å²) in [4.78, 5) is 33.8. The number of likely N-dealkylation sites (tertiary alicyclic amines) is 1. The smallest absolute Gasteiger partial charge is 0.330 e. The monoisotopic (exact) mass is 793 g/mol. The molecule has 1 amide bonds. The summed E-state index contributed by atoms with van der Waals surface area (Å²) in [5.74, 6) is -1.68. The van der Waals surface area contributed by atoms with Crippen LogP contribution >= 0.6 is 15.9 Å². The van der Waals surface area contributed by atoms with Crippen LogP contribution in [-0.2, 0) is 33.8 Å². The molecule has 4 rings (SSSR count). The number of primary amides is 1. The molecule has 0 saturated carbocycles. The highest BCUT2D eigenvalue weighted by Gasteiger charge is 2.19. The lowest BCUT2D eigenvalue weighted by Gasteiger charge is -2.31. The lowest BCUT2D eigenvalue weighted by molar-refractivity contribution is -0.134. The second kappa shape index (κ2) is 20.1. The maximum absolute atomic E-state index is 14.2. The van der Waals surface area contributed by atoms with Crippen LogP contribution in [0.5, 0.6) is 0 Å². The van der Waals surface area contributed by atoms with Gasteiger partial charge in [0.05, 0.1) is 66.9 Å². The predicted octanol–water partition coefficient (Wildman–Crippen LogP) is 3.49. The summed E-state index contributed by atoms with van der Waals surface area (Å²) in [6.07, 6.45) is 6.70. The maximum atomic E-state index is 14.2. The molecule has 51 heavy (non-hydrogen) atoms. The average Bonchev–Trinajstić information content (AvgIpc) is 3.11. The molecule has 0 spiro atoms. The van der Waals surface area contributed by atoms with E-state index in [1.165, 1.54) is 43.6 Å².